The predicted octanol–water partition coefficient (Wildman–Crippen LogP) is 2.82. The summed E-state index contributed by atoms with van der Waals surface area (Å²) < 4.78 is 0. The minimum Gasteiger partial charge on any atom is -0.396 e. The normalized spacial score (nSPS) is 10.3. The van der Waals surface area contributed by atoms with E-state index in [0.717, 1.165) is 18.7 Å². The Morgan fingerprint density at radius 1 is 1.27 bits per heavy atom. The first-order valence-electron chi connectivity index (χ1n) is 5.80. The lowest BCUT2D eigenvalue weighted by Crippen LogP contribution is -2.01. The van der Waals surface area contributed by atoms with Crippen molar-refractivity contribution in [3.63, 3.8) is 0 Å². The Kier molecular flexibility index (Phi) is 5.86. The van der Waals surface area contributed by atoms with Gasteiger partial charge < -0.3 is 10.4 Å². The maximum absolute atomic E-state index is 8.84. The third-order valence-electron chi connectivity index (χ3n) is 2.44. The number of benzene rings is 1. The molecule has 0 heterocycles. The first kappa shape index (κ1) is 12.1. The van der Waals surface area contributed by atoms with E-state index in [1.165, 1.54) is 24.8 Å². The van der Waals surface area contributed by atoms with Crippen LogP contribution in [0.15, 0.2) is 24.3 Å². The molecule has 84 valence electrons. The Labute approximate surface area is 92.3 Å². The molecule has 1 aromatic rings. The van der Waals surface area contributed by atoms with Crippen LogP contribution in [-0.4, -0.2) is 18.3 Å². The molecule has 0 amide bonds. The van der Waals surface area contributed by atoms with Crippen LogP contribution in [0.2, 0.25) is 0 Å². The number of nitrogens with one attached hydrogen (secondary N) is 1. The van der Waals surface area contributed by atoms with Crippen molar-refractivity contribution < 1.29 is 5.11 Å². The summed E-state index contributed by atoms with van der Waals surface area (Å²) in [7, 11) is 0. The van der Waals surface area contributed by atoms with Crippen LogP contribution in [0.25, 0.3) is 0 Å². The average Bonchev–Trinajstić information content (AvgIpc) is 2.26. The highest BCUT2D eigenvalue weighted by Gasteiger charge is 1.94. The van der Waals surface area contributed by atoms with Crippen LogP contribution < -0.4 is 5.32 Å². The third kappa shape index (κ3) is 4.84. The Bertz CT molecular complexity index is 273. The fourth-order valence-corrected chi connectivity index (χ4v) is 1.57. The number of hydrogen-bond acceptors (Lipinski definition) is 2. The Morgan fingerprint density at radius 2 is 2.13 bits per heavy atom. The fraction of sp³-hybridized carbons (Fsp3) is 0.538. The van der Waals surface area contributed by atoms with Crippen molar-refractivity contribution in [1.29, 1.82) is 0 Å². The summed E-state index contributed by atoms with van der Waals surface area (Å²) in [6.07, 6.45) is 4.50. The molecule has 0 bridgehead atoms. The summed E-state index contributed by atoms with van der Waals surface area (Å²) in [6.45, 7) is 3.47. The van der Waals surface area contributed by atoms with Gasteiger partial charge in [0.2, 0.25) is 0 Å². The summed E-state index contributed by atoms with van der Waals surface area (Å²) in [5.41, 5.74) is 2.36. The van der Waals surface area contributed by atoms with E-state index < -0.39 is 0 Å². The Morgan fingerprint density at radius 3 is 2.87 bits per heavy atom. The summed E-state index contributed by atoms with van der Waals surface area (Å²) in [5.74, 6) is 0. The van der Waals surface area contributed by atoms with Gasteiger partial charge >= 0.3 is 0 Å². The topological polar surface area (TPSA) is 32.3 Å². The quantitative estimate of drug-likeness (QED) is 0.674. The highest BCUT2D eigenvalue weighted by atomic mass is 16.2. The second-order valence-corrected chi connectivity index (χ2v) is 3.81. The van der Waals surface area contributed by atoms with Crippen molar-refractivity contribution in [2.75, 3.05) is 18.5 Å². The summed E-state index contributed by atoms with van der Waals surface area (Å²) in [5, 5.41) is 12.2. The molecule has 0 aromatic heterocycles. The van der Waals surface area contributed by atoms with E-state index in [1.807, 2.05) is 12.1 Å². The largest absolute Gasteiger partial charge is 0.396 e. The minimum absolute atomic E-state index is 0.222. The highest BCUT2D eigenvalue weighted by molar-refractivity contribution is 5.45. The molecule has 1 rings (SSSR count). The van der Waals surface area contributed by atoms with E-state index >= 15 is 0 Å². The van der Waals surface area contributed by atoms with Crippen LogP contribution in [-0.2, 0) is 6.42 Å². The van der Waals surface area contributed by atoms with Crippen LogP contribution >= 0.6 is 0 Å². The fourth-order valence-electron chi connectivity index (χ4n) is 1.57. The van der Waals surface area contributed by atoms with Gasteiger partial charge in [0.25, 0.3) is 0 Å². The third-order valence-corrected chi connectivity index (χ3v) is 2.44. The van der Waals surface area contributed by atoms with Gasteiger partial charge in [-0.2, -0.15) is 0 Å². The molecule has 2 heteroatoms. The molecule has 0 aliphatic rings. The van der Waals surface area contributed by atoms with Crippen LogP contribution in [0.1, 0.15) is 31.7 Å². The van der Waals surface area contributed by atoms with E-state index in [1.54, 1.807) is 0 Å². The summed E-state index contributed by atoms with van der Waals surface area (Å²) in [4.78, 5) is 0. The van der Waals surface area contributed by atoms with Gasteiger partial charge in [0, 0.05) is 18.8 Å². The van der Waals surface area contributed by atoms with Crippen molar-refractivity contribution in [3.05, 3.63) is 29.8 Å². The molecular weight excluding hydrogens is 186 g/mol. The van der Waals surface area contributed by atoms with Gasteiger partial charge in [0.1, 0.15) is 0 Å². The van der Waals surface area contributed by atoms with Gasteiger partial charge in [-0.15, -0.1) is 0 Å². The van der Waals surface area contributed by atoms with Gasteiger partial charge in [-0.25, -0.2) is 0 Å². The Balaban J connectivity index is 2.36. The monoisotopic (exact) mass is 207 g/mol. The number of hydrogen-bond donors (Lipinski definition) is 2. The van der Waals surface area contributed by atoms with Gasteiger partial charge in [-0.1, -0.05) is 31.9 Å². The van der Waals surface area contributed by atoms with E-state index in [0.29, 0.717) is 0 Å². The van der Waals surface area contributed by atoms with Gasteiger partial charge in [-0.3, -0.25) is 0 Å². The standard InChI is InChI=1S/C13H21NO/c1-2-3-4-9-14-13-7-5-6-12(11-13)8-10-15/h5-7,11,14-15H,2-4,8-10H2,1H3. The summed E-state index contributed by atoms with van der Waals surface area (Å²) in [6, 6.07) is 8.27. The Hall–Kier alpha value is -1.02. The number of aliphatic hydroxyl groups is 1. The molecule has 0 aliphatic carbocycles. The second kappa shape index (κ2) is 7.30. The van der Waals surface area contributed by atoms with E-state index in [9.17, 15) is 0 Å². The molecule has 1 aromatic carbocycles. The molecule has 2 nitrogen and oxygen atoms in total. The van der Waals surface area contributed by atoms with Crippen molar-refractivity contribution in [2.24, 2.45) is 0 Å². The molecule has 0 unspecified atom stereocenters. The molecule has 0 radical (unpaired) electrons. The van der Waals surface area contributed by atoms with Gasteiger partial charge in [0.05, 0.1) is 0 Å². The number of anilines is 1. The number of unbranched alkanes of at least 4 members (excludes halogenated alkanes) is 2. The summed E-state index contributed by atoms with van der Waals surface area (Å²) >= 11 is 0. The van der Waals surface area contributed by atoms with Crippen molar-refractivity contribution in [1.82, 2.24) is 0 Å². The SMILES string of the molecule is CCCCCNc1cccc(CCO)c1. The average molecular weight is 207 g/mol. The number of rotatable bonds is 7. The zero-order valence-electron chi connectivity index (χ0n) is 9.50. The highest BCUT2D eigenvalue weighted by Crippen LogP contribution is 2.11. The molecule has 0 fully saturated rings. The lowest BCUT2D eigenvalue weighted by atomic mass is 10.1. The van der Waals surface area contributed by atoms with Crippen molar-refractivity contribution in [3.8, 4) is 0 Å². The molecule has 2 N–H and O–H groups in total. The molecule has 0 spiro atoms. The minimum atomic E-state index is 0.222. The number of aliphatic hydroxyl groups excluding tert-OH is 1. The van der Waals surface area contributed by atoms with Crippen LogP contribution in [0.5, 0.6) is 0 Å². The molecule has 0 saturated carbocycles. The molecule has 15 heavy (non-hydrogen) atoms. The zero-order valence-corrected chi connectivity index (χ0v) is 9.50. The van der Waals surface area contributed by atoms with Crippen molar-refractivity contribution in [2.45, 2.75) is 32.6 Å². The smallest absolute Gasteiger partial charge is 0.0471 e. The predicted molar refractivity (Wildman–Crippen MR) is 65.2 cm³/mol. The second-order valence-electron chi connectivity index (χ2n) is 3.81. The van der Waals surface area contributed by atoms with Crippen LogP contribution in [0.4, 0.5) is 5.69 Å². The lowest BCUT2D eigenvalue weighted by Gasteiger charge is -2.07. The molecular formula is C13H21NO. The van der Waals surface area contributed by atoms with Gasteiger partial charge in [0.15, 0.2) is 0 Å². The molecule has 0 saturated heterocycles. The van der Waals surface area contributed by atoms with E-state index in [2.05, 4.69) is 24.4 Å². The van der Waals surface area contributed by atoms with E-state index in [-0.39, 0.29) is 6.61 Å². The van der Waals surface area contributed by atoms with E-state index in [4.69, 9.17) is 5.11 Å². The first-order chi connectivity index (χ1) is 7.36. The van der Waals surface area contributed by atoms with Crippen LogP contribution in [0, 0.1) is 0 Å². The van der Waals surface area contributed by atoms with Gasteiger partial charge in [-0.05, 0) is 30.5 Å². The maximum atomic E-state index is 8.84. The lowest BCUT2D eigenvalue weighted by molar-refractivity contribution is 0.299. The molecule has 0 atom stereocenters. The zero-order chi connectivity index (χ0) is 10.9. The van der Waals surface area contributed by atoms with Crippen molar-refractivity contribution >= 4 is 5.69 Å². The first-order valence-corrected chi connectivity index (χ1v) is 5.80. The molecule has 0 aliphatic heterocycles. The van der Waals surface area contributed by atoms with Crippen LogP contribution in [0.3, 0.4) is 0 Å². The maximum Gasteiger partial charge on any atom is 0.0471 e.